The molecule has 0 saturated carbocycles. The summed E-state index contributed by atoms with van der Waals surface area (Å²) in [5.74, 6) is 0.278. The van der Waals surface area contributed by atoms with Gasteiger partial charge in [0.2, 0.25) is 11.6 Å². The molecule has 8 heteroatoms. The summed E-state index contributed by atoms with van der Waals surface area (Å²) in [5.41, 5.74) is 1.82. The molecule has 2 heterocycles. The molecule has 156 valence electrons. The van der Waals surface area contributed by atoms with Crippen molar-refractivity contribution >= 4 is 23.1 Å². The van der Waals surface area contributed by atoms with Gasteiger partial charge in [0, 0.05) is 18.0 Å². The van der Waals surface area contributed by atoms with Crippen LogP contribution in [0.3, 0.4) is 0 Å². The van der Waals surface area contributed by atoms with E-state index in [1.807, 2.05) is 12.1 Å². The van der Waals surface area contributed by atoms with Gasteiger partial charge in [0.05, 0.1) is 19.2 Å². The molecule has 7 nitrogen and oxygen atoms in total. The van der Waals surface area contributed by atoms with Gasteiger partial charge in [-0.05, 0) is 36.2 Å². The van der Waals surface area contributed by atoms with Gasteiger partial charge in [-0.3, -0.25) is 9.78 Å². The number of carbonyl (C=O) groups is 1. The monoisotopic (exact) mass is 418 g/mol. The normalized spacial score (nSPS) is 15.6. The quantitative estimate of drug-likeness (QED) is 0.582. The average Bonchev–Trinajstić information content (AvgIpc) is 2.77. The lowest BCUT2D eigenvalue weighted by Crippen LogP contribution is -2.46. The highest BCUT2D eigenvalue weighted by Gasteiger charge is 2.18. The van der Waals surface area contributed by atoms with Crippen LogP contribution >= 0.6 is 0 Å². The van der Waals surface area contributed by atoms with Crippen molar-refractivity contribution in [3.05, 3.63) is 83.6 Å². The number of anilines is 2. The Morgan fingerprint density at radius 1 is 1.26 bits per heavy atom. The zero-order chi connectivity index (χ0) is 21.6. The second-order valence-corrected chi connectivity index (χ2v) is 6.98. The van der Waals surface area contributed by atoms with Crippen LogP contribution in [-0.2, 0) is 16.0 Å². The van der Waals surface area contributed by atoms with Crippen LogP contribution in [0.4, 0.5) is 21.6 Å². The first-order valence-corrected chi connectivity index (χ1v) is 9.63. The zero-order valence-electron chi connectivity index (χ0n) is 16.5. The number of hydrogen-bond donors (Lipinski definition) is 2. The lowest BCUT2D eigenvalue weighted by atomic mass is 10.1. The maximum Gasteiger partial charge on any atom is 0.246 e. The van der Waals surface area contributed by atoms with Crippen molar-refractivity contribution < 1.29 is 18.7 Å². The average molecular weight is 418 g/mol. The molecular formula is C23H19FN4O3. The third-order valence-electron chi connectivity index (χ3n) is 4.65. The Morgan fingerprint density at radius 2 is 2.10 bits per heavy atom. The van der Waals surface area contributed by atoms with Crippen molar-refractivity contribution in [2.45, 2.75) is 12.5 Å². The van der Waals surface area contributed by atoms with E-state index < -0.39 is 5.82 Å². The number of halogens is 1. The zero-order valence-corrected chi connectivity index (χ0v) is 16.5. The minimum Gasteiger partial charge on any atom is -0.454 e. The number of rotatable bonds is 6. The minimum absolute atomic E-state index is 0.0621. The number of nitrogens with one attached hydrogen (secondary N) is 2. The van der Waals surface area contributed by atoms with Crippen LogP contribution < -0.4 is 15.4 Å². The molecule has 1 amide bonds. The van der Waals surface area contributed by atoms with E-state index in [0.717, 1.165) is 5.56 Å². The van der Waals surface area contributed by atoms with Crippen molar-refractivity contribution in [1.29, 1.82) is 0 Å². The number of pyridine rings is 1. The van der Waals surface area contributed by atoms with E-state index in [4.69, 9.17) is 16.0 Å². The second kappa shape index (κ2) is 9.24. The van der Waals surface area contributed by atoms with Crippen LogP contribution in [0.25, 0.3) is 4.85 Å². The van der Waals surface area contributed by atoms with Crippen molar-refractivity contribution in [2.24, 2.45) is 0 Å². The highest BCUT2D eigenvalue weighted by Crippen LogP contribution is 2.30. The molecule has 0 spiro atoms. The molecule has 1 aromatic heterocycles. The Hall–Kier alpha value is -3.96. The van der Waals surface area contributed by atoms with Crippen molar-refractivity contribution in [3.8, 4) is 11.5 Å². The summed E-state index contributed by atoms with van der Waals surface area (Å²) in [6.07, 6.45) is 2.20. The molecule has 31 heavy (non-hydrogen) atoms. The number of morpholine rings is 1. The number of ether oxygens (including phenoxy) is 2. The number of amides is 1. The largest absolute Gasteiger partial charge is 0.454 e. The van der Waals surface area contributed by atoms with E-state index in [0.29, 0.717) is 36.0 Å². The Balaban J connectivity index is 1.40. The number of hydrogen-bond acceptors (Lipinski definition) is 5. The van der Waals surface area contributed by atoms with E-state index in [1.54, 1.807) is 36.5 Å². The predicted octanol–water partition coefficient (Wildman–Crippen LogP) is 4.36. The van der Waals surface area contributed by atoms with Crippen molar-refractivity contribution in [3.63, 3.8) is 0 Å². The summed E-state index contributed by atoms with van der Waals surface area (Å²) in [6, 6.07) is 14.9. The molecule has 2 aromatic carbocycles. The fourth-order valence-electron chi connectivity index (χ4n) is 3.20. The van der Waals surface area contributed by atoms with E-state index >= 15 is 0 Å². The topological polar surface area (TPSA) is 76.8 Å². The minimum atomic E-state index is -0.545. The van der Waals surface area contributed by atoms with Crippen LogP contribution in [0.5, 0.6) is 11.5 Å². The fraction of sp³-hybridized carbons (Fsp3) is 0.174. The maximum atomic E-state index is 14.5. The van der Waals surface area contributed by atoms with Crippen molar-refractivity contribution in [1.82, 2.24) is 10.3 Å². The second-order valence-electron chi connectivity index (χ2n) is 6.98. The van der Waals surface area contributed by atoms with E-state index in [-0.39, 0.29) is 24.3 Å². The lowest BCUT2D eigenvalue weighted by Gasteiger charge is -2.23. The first-order chi connectivity index (χ1) is 15.1. The van der Waals surface area contributed by atoms with Gasteiger partial charge in [0.1, 0.15) is 18.2 Å². The van der Waals surface area contributed by atoms with E-state index in [9.17, 15) is 9.18 Å². The molecule has 1 aliphatic rings. The van der Waals surface area contributed by atoms with Crippen LogP contribution in [0.1, 0.15) is 5.56 Å². The molecule has 0 aliphatic carbocycles. The smallest absolute Gasteiger partial charge is 0.246 e. The molecule has 3 aromatic rings. The first kappa shape index (κ1) is 20.3. The summed E-state index contributed by atoms with van der Waals surface area (Å²) in [6.45, 7) is 7.75. The van der Waals surface area contributed by atoms with Gasteiger partial charge < -0.3 is 20.1 Å². The SMILES string of the molecule is [C-]#[N+]c1cccnc1Nc1ccc(Oc2ccc(CC3COCC(=O)N3)cc2)c(F)c1. The first-order valence-electron chi connectivity index (χ1n) is 9.63. The molecule has 0 bridgehead atoms. The van der Waals surface area contributed by atoms with Crippen LogP contribution in [0.15, 0.2) is 60.8 Å². The van der Waals surface area contributed by atoms with Crippen LogP contribution in [-0.4, -0.2) is 30.1 Å². The number of benzene rings is 2. The Kier molecular flexibility index (Phi) is 6.05. The van der Waals surface area contributed by atoms with E-state index in [1.165, 1.54) is 12.1 Å². The molecule has 1 saturated heterocycles. The number of aromatic nitrogens is 1. The van der Waals surface area contributed by atoms with Gasteiger partial charge in [0.15, 0.2) is 11.6 Å². The molecule has 2 N–H and O–H groups in total. The van der Waals surface area contributed by atoms with Gasteiger partial charge >= 0.3 is 0 Å². The molecule has 1 unspecified atom stereocenters. The van der Waals surface area contributed by atoms with Crippen molar-refractivity contribution in [2.75, 3.05) is 18.5 Å². The lowest BCUT2D eigenvalue weighted by molar-refractivity contribution is -0.131. The van der Waals surface area contributed by atoms with Crippen LogP contribution in [0.2, 0.25) is 0 Å². The molecular weight excluding hydrogens is 399 g/mol. The Morgan fingerprint density at radius 3 is 2.84 bits per heavy atom. The summed E-state index contributed by atoms with van der Waals surface area (Å²) < 4.78 is 25.4. The summed E-state index contributed by atoms with van der Waals surface area (Å²) >= 11 is 0. The molecule has 1 aliphatic heterocycles. The Bertz CT molecular complexity index is 1130. The highest BCUT2D eigenvalue weighted by molar-refractivity contribution is 5.78. The summed E-state index contributed by atoms with van der Waals surface area (Å²) in [4.78, 5) is 18.9. The van der Waals surface area contributed by atoms with Gasteiger partial charge in [-0.25, -0.2) is 9.24 Å². The van der Waals surface area contributed by atoms with Gasteiger partial charge in [-0.2, -0.15) is 0 Å². The molecule has 4 rings (SSSR count). The number of carbonyl (C=O) groups excluding carboxylic acids is 1. The molecule has 1 fully saturated rings. The summed E-state index contributed by atoms with van der Waals surface area (Å²) in [5, 5.41) is 5.83. The standard InChI is InChI=1S/C23H19FN4O3/c1-25-20-3-2-10-26-23(20)28-16-6-9-21(19(24)12-16)31-18-7-4-15(5-8-18)11-17-13-30-14-22(29)27-17/h2-10,12,17H,11,13-14H2,(H,26,28)(H,27,29). The number of nitrogens with zero attached hydrogens (tertiary/aromatic N) is 2. The van der Waals surface area contributed by atoms with E-state index in [2.05, 4.69) is 20.5 Å². The maximum absolute atomic E-state index is 14.5. The third kappa shape index (κ3) is 5.15. The Labute approximate surface area is 178 Å². The fourth-order valence-corrected chi connectivity index (χ4v) is 3.20. The molecule has 0 radical (unpaired) electrons. The molecule has 1 atom stereocenters. The van der Waals surface area contributed by atoms with Gasteiger partial charge in [-0.1, -0.05) is 24.3 Å². The summed E-state index contributed by atoms with van der Waals surface area (Å²) in [7, 11) is 0. The van der Waals surface area contributed by atoms with Gasteiger partial charge in [0.25, 0.3) is 0 Å². The van der Waals surface area contributed by atoms with Gasteiger partial charge in [-0.15, -0.1) is 0 Å². The third-order valence-corrected chi connectivity index (χ3v) is 4.65. The highest BCUT2D eigenvalue weighted by atomic mass is 19.1. The predicted molar refractivity (Wildman–Crippen MR) is 113 cm³/mol. The van der Waals surface area contributed by atoms with Crippen LogP contribution in [0, 0.1) is 12.4 Å².